The minimum Gasteiger partial charge on any atom is -0.367 e. The molecule has 0 bridgehead atoms. The number of nitrogens with zero attached hydrogens (tertiary/aromatic N) is 1. The Balaban J connectivity index is 2.00. The average molecular weight is 207 g/mol. The molecular formula is C12H17NO2. The van der Waals surface area contributed by atoms with Crippen molar-refractivity contribution in [1.29, 1.82) is 0 Å². The molecular weight excluding hydrogens is 190 g/mol. The van der Waals surface area contributed by atoms with Crippen LogP contribution in [0.4, 0.5) is 0 Å². The van der Waals surface area contributed by atoms with Crippen LogP contribution in [0.25, 0.3) is 0 Å². The largest absolute Gasteiger partial charge is 0.367 e. The molecule has 1 unspecified atom stereocenters. The van der Waals surface area contributed by atoms with Crippen molar-refractivity contribution < 1.29 is 10.2 Å². The van der Waals surface area contributed by atoms with Gasteiger partial charge >= 0.3 is 0 Å². The Morgan fingerprint density at radius 2 is 2.00 bits per heavy atom. The fourth-order valence-electron chi connectivity index (χ4n) is 2.20. The molecule has 0 aromatic heterocycles. The smallest absolute Gasteiger partial charge is 0.167 e. The third kappa shape index (κ3) is 2.56. The minimum absolute atomic E-state index is 0.0924. The van der Waals surface area contributed by atoms with Gasteiger partial charge in [-0.3, -0.25) is 4.90 Å². The Hall–Kier alpha value is -0.900. The second kappa shape index (κ2) is 4.75. The van der Waals surface area contributed by atoms with Crippen LogP contribution in [0, 0.1) is 0 Å². The van der Waals surface area contributed by atoms with Gasteiger partial charge in [-0.1, -0.05) is 30.3 Å². The highest BCUT2D eigenvalue weighted by Crippen LogP contribution is 2.21. The van der Waals surface area contributed by atoms with Crippen molar-refractivity contribution in [3.05, 3.63) is 35.9 Å². The number of rotatable bonds is 3. The van der Waals surface area contributed by atoms with E-state index >= 15 is 0 Å². The van der Waals surface area contributed by atoms with Gasteiger partial charge < -0.3 is 10.2 Å². The first-order chi connectivity index (χ1) is 7.27. The maximum atomic E-state index is 9.21. The summed E-state index contributed by atoms with van der Waals surface area (Å²) in [5.41, 5.74) is 1.23. The Labute approximate surface area is 90.0 Å². The second-order valence-electron chi connectivity index (χ2n) is 4.08. The summed E-state index contributed by atoms with van der Waals surface area (Å²) in [6.07, 6.45) is 0.718. The highest BCUT2D eigenvalue weighted by Gasteiger charge is 2.29. The quantitative estimate of drug-likeness (QED) is 0.726. The molecule has 0 radical (unpaired) electrons. The summed E-state index contributed by atoms with van der Waals surface area (Å²) in [5, 5.41) is 18.4. The summed E-state index contributed by atoms with van der Waals surface area (Å²) in [4.78, 5) is 2.14. The maximum absolute atomic E-state index is 9.21. The van der Waals surface area contributed by atoms with E-state index in [1.165, 1.54) is 5.56 Å². The molecule has 1 saturated heterocycles. The molecule has 1 aliphatic heterocycles. The maximum Gasteiger partial charge on any atom is 0.167 e. The third-order valence-corrected chi connectivity index (χ3v) is 2.99. The number of aliphatic hydroxyl groups excluding tert-OH is 1. The van der Waals surface area contributed by atoms with E-state index < -0.39 is 6.29 Å². The third-order valence-electron chi connectivity index (χ3n) is 2.99. The molecule has 3 nitrogen and oxygen atoms in total. The van der Waals surface area contributed by atoms with Crippen molar-refractivity contribution >= 4 is 0 Å². The van der Waals surface area contributed by atoms with Gasteiger partial charge in [0.05, 0.1) is 6.04 Å². The van der Waals surface area contributed by atoms with Gasteiger partial charge in [-0.05, 0) is 24.9 Å². The highest BCUT2D eigenvalue weighted by atomic mass is 16.5. The predicted molar refractivity (Wildman–Crippen MR) is 58.1 cm³/mol. The molecule has 0 amide bonds. The lowest BCUT2D eigenvalue weighted by atomic mass is 10.2. The zero-order valence-corrected chi connectivity index (χ0v) is 8.71. The number of hydrogen-bond acceptors (Lipinski definition) is 3. The molecule has 0 aliphatic carbocycles. The SMILES string of the molecule is OC(O)C1CCCN1Cc1ccccc1. The van der Waals surface area contributed by atoms with Crippen LogP contribution in [0.1, 0.15) is 18.4 Å². The topological polar surface area (TPSA) is 43.7 Å². The Kier molecular flexibility index (Phi) is 3.36. The minimum atomic E-state index is -1.21. The summed E-state index contributed by atoms with van der Waals surface area (Å²) in [6.45, 7) is 1.76. The lowest BCUT2D eigenvalue weighted by Crippen LogP contribution is -2.38. The van der Waals surface area contributed by atoms with Crippen molar-refractivity contribution in [2.75, 3.05) is 6.54 Å². The Bertz CT molecular complexity index is 300. The van der Waals surface area contributed by atoms with Crippen LogP contribution in [0.5, 0.6) is 0 Å². The van der Waals surface area contributed by atoms with Crippen LogP contribution < -0.4 is 0 Å². The molecule has 2 N–H and O–H groups in total. The number of likely N-dealkylation sites (tertiary alicyclic amines) is 1. The van der Waals surface area contributed by atoms with Gasteiger partial charge in [-0.25, -0.2) is 0 Å². The molecule has 1 aromatic rings. The van der Waals surface area contributed by atoms with Gasteiger partial charge in [0.2, 0.25) is 0 Å². The van der Waals surface area contributed by atoms with Crippen LogP contribution in [0.3, 0.4) is 0 Å². The van der Waals surface area contributed by atoms with Crippen molar-refractivity contribution in [2.24, 2.45) is 0 Å². The van der Waals surface area contributed by atoms with Crippen LogP contribution in [0.2, 0.25) is 0 Å². The van der Waals surface area contributed by atoms with Gasteiger partial charge in [-0.2, -0.15) is 0 Å². The Morgan fingerprint density at radius 3 is 2.67 bits per heavy atom. The summed E-state index contributed by atoms with van der Waals surface area (Å²) < 4.78 is 0. The zero-order chi connectivity index (χ0) is 10.7. The van der Waals surface area contributed by atoms with E-state index in [0.29, 0.717) is 0 Å². The molecule has 0 saturated carbocycles. The van der Waals surface area contributed by atoms with Crippen LogP contribution >= 0.6 is 0 Å². The molecule has 1 aromatic carbocycles. The summed E-state index contributed by atoms with van der Waals surface area (Å²) in [5.74, 6) is 0. The first kappa shape index (κ1) is 10.6. The van der Waals surface area contributed by atoms with E-state index in [0.717, 1.165) is 25.9 Å². The van der Waals surface area contributed by atoms with Crippen LogP contribution in [-0.4, -0.2) is 34.0 Å². The van der Waals surface area contributed by atoms with E-state index in [9.17, 15) is 10.2 Å². The lowest BCUT2D eigenvalue weighted by Gasteiger charge is -2.25. The average Bonchev–Trinajstić information content (AvgIpc) is 2.67. The molecule has 1 fully saturated rings. The molecule has 3 heteroatoms. The summed E-state index contributed by atoms with van der Waals surface area (Å²) in [6, 6.07) is 10.1. The predicted octanol–water partition coefficient (Wildman–Crippen LogP) is 0.962. The van der Waals surface area contributed by atoms with Gasteiger partial charge in [0.1, 0.15) is 0 Å². The number of hydrogen-bond donors (Lipinski definition) is 2. The second-order valence-corrected chi connectivity index (χ2v) is 4.08. The number of benzene rings is 1. The molecule has 1 aliphatic rings. The first-order valence-electron chi connectivity index (χ1n) is 5.41. The van der Waals surface area contributed by atoms with Crippen LogP contribution in [0.15, 0.2) is 30.3 Å². The molecule has 2 rings (SSSR count). The molecule has 15 heavy (non-hydrogen) atoms. The normalized spacial score (nSPS) is 22.5. The fourth-order valence-corrected chi connectivity index (χ4v) is 2.20. The van der Waals surface area contributed by atoms with Crippen molar-refractivity contribution in [2.45, 2.75) is 31.7 Å². The van der Waals surface area contributed by atoms with Gasteiger partial charge in [-0.15, -0.1) is 0 Å². The van der Waals surface area contributed by atoms with E-state index in [-0.39, 0.29) is 6.04 Å². The molecule has 1 atom stereocenters. The van der Waals surface area contributed by atoms with Gasteiger partial charge in [0.25, 0.3) is 0 Å². The first-order valence-corrected chi connectivity index (χ1v) is 5.41. The van der Waals surface area contributed by atoms with Crippen molar-refractivity contribution in [3.8, 4) is 0 Å². The standard InChI is InChI=1S/C12H17NO2/c14-12(15)11-7-4-8-13(11)9-10-5-2-1-3-6-10/h1-3,5-6,11-12,14-15H,4,7-9H2. The van der Waals surface area contributed by atoms with Crippen molar-refractivity contribution in [3.63, 3.8) is 0 Å². The zero-order valence-electron chi connectivity index (χ0n) is 8.71. The van der Waals surface area contributed by atoms with Crippen molar-refractivity contribution in [1.82, 2.24) is 4.90 Å². The van der Waals surface area contributed by atoms with E-state index in [2.05, 4.69) is 17.0 Å². The molecule has 1 heterocycles. The van der Waals surface area contributed by atoms with Gasteiger partial charge in [0.15, 0.2) is 6.29 Å². The van der Waals surface area contributed by atoms with Gasteiger partial charge in [0, 0.05) is 6.54 Å². The number of aliphatic hydroxyl groups is 2. The summed E-state index contributed by atoms with van der Waals surface area (Å²) in [7, 11) is 0. The summed E-state index contributed by atoms with van der Waals surface area (Å²) >= 11 is 0. The van der Waals surface area contributed by atoms with Crippen LogP contribution in [-0.2, 0) is 6.54 Å². The monoisotopic (exact) mass is 207 g/mol. The van der Waals surface area contributed by atoms with E-state index in [4.69, 9.17) is 0 Å². The Morgan fingerprint density at radius 1 is 1.27 bits per heavy atom. The van der Waals surface area contributed by atoms with E-state index in [1.54, 1.807) is 0 Å². The molecule has 82 valence electrons. The highest BCUT2D eigenvalue weighted by molar-refractivity contribution is 5.14. The van der Waals surface area contributed by atoms with E-state index in [1.807, 2.05) is 18.2 Å². The lowest BCUT2D eigenvalue weighted by molar-refractivity contribution is -0.0917. The fraction of sp³-hybridized carbons (Fsp3) is 0.500. The molecule has 0 spiro atoms.